The summed E-state index contributed by atoms with van der Waals surface area (Å²) < 4.78 is 3.30. The van der Waals surface area contributed by atoms with E-state index in [9.17, 15) is 14.4 Å². The van der Waals surface area contributed by atoms with Crippen LogP contribution < -0.4 is 16.7 Å². The second-order valence-electron chi connectivity index (χ2n) is 9.28. The molecule has 1 atom stereocenters. The number of aromatic nitrogens is 3. The molecule has 2 fully saturated rings. The van der Waals surface area contributed by atoms with Crippen molar-refractivity contribution in [3.63, 3.8) is 0 Å². The van der Waals surface area contributed by atoms with Crippen molar-refractivity contribution in [2.45, 2.75) is 32.4 Å². The molecular formula is C25H31N7O3S. The number of anilines is 1. The lowest BCUT2D eigenvalue weighted by Gasteiger charge is -2.33. The van der Waals surface area contributed by atoms with Gasteiger partial charge in [0, 0.05) is 57.1 Å². The molecule has 2 amide bonds. The van der Waals surface area contributed by atoms with Crippen molar-refractivity contribution in [2.75, 3.05) is 45.0 Å². The molecule has 10 nitrogen and oxygen atoms in total. The zero-order valence-electron chi connectivity index (χ0n) is 20.4. The molecule has 190 valence electrons. The largest absolute Gasteiger partial charge is 0.375 e. The van der Waals surface area contributed by atoms with Gasteiger partial charge in [-0.15, -0.1) is 11.3 Å². The standard InChI is InChI=1S/C25H31N7O3S/c1-17(33)30-11-5-8-20(15-30)32-21(18-6-3-2-4-7-18)22(23(34)29-12-9-27-10-13-29)31(25(32)35)14-19-16-36-24(26)28-19/h2-4,6-7,16,20,27H,5,8-15H2,1H3,(H2,26,28). The topological polar surface area (TPSA) is 118 Å². The Morgan fingerprint density at radius 3 is 2.56 bits per heavy atom. The highest BCUT2D eigenvalue weighted by Gasteiger charge is 2.34. The van der Waals surface area contributed by atoms with Crippen LogP contribution in [0.1, 0.15) is 42.0 Å². The summed E-state index contributed by atoms with van der Waals surface area (Å²) in [5.74, 6) is -0.183. The highest BCUT2D eigenvalue weighted by atomic mass is 32.1. The molecule has 3 N–H and O–H groups in total. The number of nitrogen functional groups attached to an aromatic ring is 1. The minimum atomic E-state index is -0.269. The lowest BCUT2D eigenvalue weighted by molar-refractivity contribution is -0.130. The molecule has 2 saturated heterocycles. The average Bonchev–Trinajstić information content (AvgIpc) is 3.45. The van der Waals surface area contributed by atoms with Gasteiger partial charge in [0.05, 0.1) is 24.0 Å². The summed E-state index contributed by atoms with van der Waals surface area (Å²) in [5.41, 5.74) is 7.99. The van der Waals surface area contributed by atoms with Crippen molar-refractivity contribution in [3.8, 4) is 11.3 Å². The first-order valence-electron chi connectivity index (χ1n) is 12.3. The number of rotatable bonds is 5. The Balaban J connectivity index is 1.71. The van der Waals surface area contributed by atoms with Crippen LogP contribution >= 0.6 is 11.3 Å². The number of imidazole rings is 1. The number of carbonyl (C=O) groups excluding carboxylic acids is 2. The molecule has 11 heteroatoms. The Hall–Kier alpha value is -3.44. The molecule has 0 saturated carbocycles. The summed E-state index contributed by atoms with van der Waals surface area (Å²) in [6.07, 6.45) is 1.54. The van der Waals surface area contributed by atoms with E-state index in [1.54, 1.807) is 25.9 Å². The summed E-state index contributed by atoms with van der Waals surface area (Å²) in [7, 11) is 0. The molecule has 36 heavy (non-hydrogen) atoms. The fourth-order valence-electron chi connectivity index (χ4n) is 5.16. The smallest absolute Gasteiger partial charge is 0.329 e. The maximum absolute atomic E-state index is 14.1. The second kappa shape index (κ2) is 10.3. The fraction of sp³-hybridized carbons (Fsp3) is 0.440. The van der Waals surface area contributed by atoms with Crippen LogP contribution in [-0.2, 0) is 11.3 Å². The molecule has 0 spiro atoms. The number of carbonyl (C=O) groups is 2. The fourth-order valence-corrected chi connectivity index (χ4v) is 5.72. The first kappa shape index (κ1) is 24.3. The minimum absolute atomic E-state index is 0.0106. The van der Waals surface area contributed by atoms with Crippen LogP contribution in [0.25, 0.3) is 11.3 Å². The van der Waals surface area contributed by atoms with Gasteiger partial charge in [-0.2, -0.15) is 0 Å². The highest BCUT2D eigenvalue weighted by molar-refractivity contribution is 7.13. The predicted octanol–water partition coefficient (Wildman–Crippen LogP) is 1.63. The molecule has 1 unspecified atom stereocenters. The van der Waals surface area contributed by atoms with Gasteiger partial charge in [0.15, 0.2) is 5.13 Å². The van der Waals surface area contributed by atoms with Gasteiger partial charge in [0.2, 0.25) is 5.91 Å². The molecule has 3 aromatic rings. The van der Waals surface area contributed by atoms with Gasteiger partial charge in [0.25, 0.3) is 5.91 Å². The number of nitrogens with zero attached hydrogens (tertiary/aromatic N) is 5. The Morgan fingerprint density at radius 2 is 1.89 bits per heavy atom. The molecule has 0 radical (unpaired) electrons. The van der Waals surface area contributed by atoms with E-state index in [1.807, 2.05) is 35.7 Å². The van der Waals surface area contributed by atoms with Gasteiger partial charge < -0.3 is 20.9 Å². The number of nitrogens with two attached hydrogens (primary N) is 1. The summed E-state index contributed by atoms with van der Waals surface area (Å²) in [4.78, 5) is 48.3. The van der Waals surface area contributed by atoms with Gasteiger partial charge >= 0.3 is 5.69 Å². The predicted molar refractivity (Wildman–Crippen MR) is 139 cm³/mol. The van der Waals surface area contributed by atoms with Crippen LogP contribution in [-0.4, -0.2) is 75.0 Å². The Kier molecular flexibility index (Phi) is 6.92. The van der Waals surface area contributed by atoms with Gasteiger partial charge in [-0.1, -0.05) is 30.3 Å². The third-order valence-corrected chi connectivity index (χ3v) is 7.65. The van der Waals surface area contributed by atoms with Crippen LogP contribution in [0.2, 0.25) is 0 Å². The summed E-state index contributed by atoms with van der Waals surface area (Å²) in [6.45, 7) is 5.36. The lowest BCUT2D eigenvalue weighted by Crippen LogP contribution is -2.47. The molecule has 2 aromatic heterocycles. The maximum atomic E-state index is 14.1. The van der Waals surface area contributed by atoms with Crippen molar-refractivity contribution >= 4 is 28.3 Å². The van der Waals surface area contributed by atoms with Crippen LogP contribution in [0.3, 0.4) is 0 Å². The second-order valence-corrected chi connectivity index (χ2v) is 10.2. The van der Waals surface area contributed by atoms with E-state index >= 15 is 0 Å². The van der Waals surface area contributed by atoms with Gasteiger partial charge in [0.1, 0.15) is 5.69 Å². The van der Waals surface area contributed by atoms with Gasteiger partial charge in [-0.25, -0.2) is 9.78 Å². The monoisotopic (exact) mass is 509 g/mol. The van der Waals surface area contributed by atoms with E-state index in [-0.39, 0.29) is 30.1 Å². The number of thiazole rings is 1. The van der Waals surface area contributed by atoms with Crippen molar-refractivity contribution < 1.29 is 9.59 Å². The molecule has 4 heterocycles. The number of nitrogens with one attached hydrogen (secondary N) is 1. The number of hydrogen-bond donors (Lipinski definition) is 2. The maximum Gasteiger partial charge on any atom is 0.329 e. The number of amides is 2. The van der Waals surface area contributed by atoms with Crippen LogP contribution in [0.5, 0.6) is 0 Å². The summed E-state index contributed by atoms with van der Waals surface area (Å²) in [5, 5.41) is 5.52. The van der Waals surface area contributed by atoms with Crippen molar-refractivity contribution in [2.24, 2.45) is 0 Å². The zero-order chi connectivity index (χ0) is 25.2. The Morgan fingerprint density at radius 1 is 1.14 bits per heavy atom. The zero-order valence-corrected chi connectivity index (χ0v) is 21.2. The molecule has 0 bridgehead atoms. The molecular weight excluding hydrogens is 478 g/mol. The third-order valence-electron chi connectivity index (χ3n) is 6.92. The number of likely N-dealkylation sites (tertiary alicyclic amines) is 1. The van der Waals surface area contributed by atoms with Crippen molar-refractivity contribution in [1.29, 1.82) is 0 Å². The van der Waals surface area contributed by atoms with E-state index in [4.69, 9.17) is 5.73 Å². The van der Waals surface area contributed by atoms with E-state index < -0.39 is 0 Å². The Labute approximate surface area is 213 Å². The average molecular weight is 510 g/mol. The van der Waals surface area contributed by atoms with Gasteiger partial charge in [-0.05, 0) is 12.8 Å². The molecule has 5 rings (SSSR count). The first-order valence-corrected chi connectivity index (χ1v) is 13.2. The number of benzene rings is 1. The van der Waals surface area contributed by atoms with Crippen molar-refractivity contribution in [3.05, 3.63) is 57.6 Å². The summed E-state index contributed by atoms with van der Waals surface area (Å²) >= 11 is 1.31. The van der Waals surface area contributed by atoms with E-state index in [0.29, 0.717) is 61.5 Å². The first-order chi connectivity index (χ1) is 17.4. The highest BCUT2D eigenvalue weighted by Crippen LogP contribution is 2.31. The summed E-state index contributed by atoms with van der Waals surface area (Å²) in [6, 6.07) is 9.35. The number of piperazine rings is 1. The van der Waals surface area contributed by atoms with Gasteiger partial charge in [-0.3, -0.25) is 18.7 Å². The van der Waals surface area contributed by atoms with Crippen LogP contribution in [0.4, 0.5) is 5.13 Å². The number of hydrogen-bond acceptors (Lipinski definition) is 7. The van der Waals surface area contributed by atoms with E-state index in [2.05, 4.69) is 10.3 Å². The third kappa shape index (κ3) is 4.68. The molecule has 2 aliphatic rings. The van der Waals surface area contributed by atoms with Crippen LogP contribution in [0.15, 0.2) is 40.5 Å². The van der Waals surface area contributed by atoms with Crippen LogP contribution in [0, 0.1) is 0 Å². The number of piperidine rings is 1. The quantitative estimate of drug-likeness (QED) is 0.540. The Bertz CT molecular complexity index is 1310. The molecule has 2 aliphatic heterocycles. The van der Waals surface area contributed by atoms with E-state index in [0.717, 1.165) is 18.4 Å². The molecule has 0 aliphatic carbocycles. The SMILES string of the molecule is CC(=O)N1CCCC(n2c(-c3ccccc3)c(C(=O)N3CCNCC3)n(Cc3csc(N)n3)c2=O)C1. The van der Waals surface area contributed by atoms with E-state index in [1.165, 1.54) is 11.3 Å². The molecule has 1 aromatic carbocycles. The van der Waals surface area contributed by atoms with Crippen molar-refractivity contribution in [1.82, 2.24) is 29.2 Å². The lowest BCUT2D eigenvalue weighted by atomic mass is 10.0. The normalized spacial score (nSPS) is 18.4. The minimum Gasteiger partial charge on any atom is -0.375 e.